The Morgan fingerprint density at radius 1 is 0.848 bits per heavy atom. The molecule has 0 aliphatic heterocycles. The number of hydrogen-bond donors (Lipinski definition) is 2. The van der Waals surface area contributed by atoms with Crippen LogP contribution in [0.4, 0.5) is 5.69 Å². The summed E-state index contributed by atoms with van der Waals surface area (Å²) in [5, 5.41) is 2.82. The quantitative estimate of drug-likeness (QED) is 0.525. The van der Waals surface area contributed by atoms with E-state index in [0.717, 1.165) is 17.4 Å². The zero-order chi connectivity index (χ0) is 24.4. The van der Waals surface area contributed by atoms with Crippen molar-refractivity contribution in [3.8, 4) is 0 Å². The minimum absolute atomic E-state index is 0.0172. The molecule has 3 aromatic rings. The Morgan fingerprint density at radius 3 is 2.09 bits per heavy atom. The zero-order valence-corrected chi connectivity index (χ0v) is 20.4. The maximum absolute atomic E-state index is 13.0. The van der Waals surface area contributed by atoms with Crippen molar-refractivity contribution in [1.29, 1.82) is 0 Å². The van der Waals surface area contributed by atoms with Crippen molar-refractivity contribution in [2.75, 3.05) is 11.0 Å². The van der Waals surface area contributed by atoms with Crippen LogP contribution >= 0.6 is 0 Å². The van der Waals surface area contributed by atoms with Gasteiger partial charge in [0.05, 0.1) is 21.5 Å². The number of para-hydroxylation sites is 1. The molecule has 1 amide bonds. The third-order valence-corrected chi connectivity index (χ3v) is 7.92. The molecule has 0 aromatic heterocycles. The van der Waals surface area contributed by atoms with Crippen LogP contribution in [0.5, 0.6) is 0 Å². The number of benzene rings is 3. The van der Waals surface area contributed by atoms with Crippen molar-refractivity contribution in [1.82, 2.24) is 5.32 Å². The molecule has 0 unspecified atom stereocenters. The fourth-order valence-electron chi connectivity index (χ4n) is 3.28. The molecule has 3 aromatic carbocycles. The summed E-state index contributed by atoms with van der Waals surface area (Å²) < 4.78 is 51.9. The molecule has 1 atom stereocenters. The van der Waals surface area contributed by atoms with Gasteiger partial charge in [-0.25, -0.2) is 16.8 Å². The van der Waals surface area contributed by atoms with E-state index < -0.39 is 31.8 Å². The van der Waals surface area contributed by atoms with Crippen molar-refractivity contribution in [2.24, 2.45) is 0 Å². The van der Waals surface area contributed by atoms with Crippen LogP contribution in [0.3, 0.4) is 0 Å². The van der Waals surface area contributed by atoms with Gasteiger partial charge in [-0.1, -0.05) is 36.4 Å². The van der Waals surface area contributed by atoms with E-state index in [2.05, 4.69) is 10.0 Å². The molecule has 0 spiro atoms. The SMILES string of the molecule is Cc1ccccc1NS(=O)(=O)c1cc(C(=O)N[C@@H](C)c2ccc(S(C)(=O)=O)cc2)ccc1C. The average Bonchev–Trinajstić information content (AvgIpc) is 2.74. The topological polar surface area (TPSA) is 109 Å². The summed E-state index contributed by atoms with van der Waals surface area (Å²) in [5.41, 5.74) is 2.68. The van der Waals surface area contributed by atoms with E-state index in [4.69, 9.17) is 0 Å². The van der Waals surface area contributed by atoms with Crippen molar-refractivity contribution >= 4 is 31.5 Å². The first-order valence-electron chi connectivity index (χ1n) is 10.2. The summed E-state index contributed by atoms with van der Waals surface area (Å²) in [5.74, 6) is -0.443. The van der Waals surface area contributed by atoms with E-state index in [9.17, 15) is 21.6 Å². The number of carbonyl (C=O) groups excluding carboxylic acids is 1. The highest BCUT2D eigenvalue weighted by atomic mass is 32.2. The third-order valence-electron chi connectivity index (χ3n) is 5.29. The maximum Gasteiger partial charge on any atom is 0.262 e. The molecule has 174 valence electrons. The van der Waals surface area contributed by atoms with E-state index in [0.29, 0.717) is 11.3 Å². The summed E-state index contributed by atoms with van der Waals surface area (Å²) in [6.45, 7) is 5.23. The van der Waals surface area contributed by atoms with Crippen LogP contribution < -0.4 is 10.0 Å². The Kier molecular flexibility index (Phi) is 6.94. The summed E-state index contributed by atoms with van der Waals surface area (Å²) >= 11 is 0. The number of anilines is 1. The van der Waals surface area contributed by atoms with Gasteiger partial charge in [-0.3, -0.25) is 9.52 Å². The highest BCUT2D eigenvalue weighted by Gasteiger charge is 2.21. The lowest BCUT2D eigenvalue weighted by molar-refractivity contribution is 0.0939. The lowest BCUT2D eigenvalue weighted by Gasteiger charge is -2.16. The first-order valence-corrected chi connectivity index (χ1v) is 13.6. The van der Waals surface area contributed by atoms with Gasteiger partial charge in [0.25, 0.3) is 15.9 Å². The molecular weight excluding hydrogens is 460 g/mol. The molecule has 0 saturated heterocycles. The number of carbonyl (C=O) groups is 1. The zero-order valence-electron chi connectivity index (χ0n) is 18.8. The van der Waals surface area contributed by atoms with Crippen molar-refractivity contribution in [3.05, 3.63) is 89.0 Å². The molecule has 0 aliphatic carbocycles. The van der Waals surface area contributed by atoms with Crippen LogP contribution in [0.2, 0.25) is 0 Å². The highest BCUT2D eigenvalue weighted by Crippen LogP contribution is 2.23. The smallest absolute Gasteiger partial charge is 0.262 e. The first kappa shape index (κ1) is 24.5. The highest BCUT2D eigenvalue weighted by molar-refractivity contribution is 7.92. The molecule has 0 bridgehead atoms. The van der Waals surface area contributed by atoms with Gasteiger partial charge in [0.1, 0.15) is 0 Å². The van der Waals surface area contributed by atoms with Crippen molar-refractivity contribution in [3.63, 3.8) is 0 Å². The van der Waals surface area contributed by atoms with Crippen LogP contribution in [0.15, 0.2) is 76.5 Å². The number of nitrogens with one attached hydrogen (secondary N) is 2. The Balaban J connectivity index is 1.82. The molecule has 9 heteroatoms. The van der Waals surface area contributed by atoms with E-state index in [1.807, 2.05) is 6.07 Å². The van der Waals surface area contributed by atoms with Crippen LogP contribution in [-0.2, 0) is 19.9 Å². The lowest BCUT2D eigenvalue weighted by atomic mass is 10.1. The average molecular weight is 487 g/mol. The fourth-order valence-corrected chi connectivity index (χ4v) is 5.32. The second-order valence-electron chi connectivity index (χ2n) is 7.94. The molecule has 3 rings (SSSR count). The van der Waals surface area contributed by atoms with E-state index >= 15 is 0 Å². The second kappa shape index (κ2) is 9.36. The van der Waals surface area contributed by atoms with Crippen molar-refractivity contribution in [2.45, 2.75) is 36.6 Å². The van der Waals surface area contributed by atoms with Crippen molar-refractivity contribution < 1.29 is 21.6 Å². The molecule has 0 aliphatic rings. The van der Waals surface area contributed by atoms with Gasteiger partial charge in [0.15, 0.2) is 9.84 Å². The van der Waals surface area contributed by atoms with Crippen LogP contribution in [0, 0.1) is 13.8 Å². The number of hydrogen-bond acceptors (Lipinski definition) is 5. The predicted octanol–water partition coefficient (Wildman–Crippen LogP) is 4.00. The Labute approximate surface area is 194 Å². The third kappa shape index (κ3) is 5.80. The summed E-state index contributed by atoms with van der Waals surface area (Å²) in [6, 6.07) is 17.4. The number of sulfone groups is 1. The lowest BCUT2D eigenvalue weighted by Crippen LogP contribution is -2.27. The minimum Gasteiger partial charge on any atom is -0.346 e. The molecule has 7 nitrogen and oxygen atoms in total. The molecule has 33 heavy (non-hydrogen) atoms. The molecule has 0 radical (unpaired) electrons. The van der Waals surface area contributed by atoms with Gasteiger partial charge in [0.2, 0.25) is 0 Å². The number of amides is 1. The fraction of sp³-hybridized carbons (Fsp3) is 0.208. The molecule has 2 N–H and O–H groups in total. The predicted molar refractivity (Wildman–Crippen MR) is 129 cm³/mol. The van der Waals surface area contributed by atoms with Gasteiger partial charge in [-0.15, -0.1) is 0 Å². The number of sulfonamides is 1. The Hall–Kier alpha value is -3.17. The second-order valence-corrected chi connectivity index (χ2v) is 11.6. The molecule has 0 fully saturated rings. The van der Waals surface area contributed by atoms with Gasteiger partial charge < -0.3 is 5.32 Å². The number of rotatable bonds is 7. The standard InChI is InChI=1S/C24H26N2O5S2/c1-16-7-5-6-8-22(16)26-33(30,31)23-15-20(10-9-17(23)2)24(27)25-18(3)19-11-13-21(14-12-19)32(4,28)29/h5-15,18,26H,1-4H3,(H,25,27)/t18-/m0/s1. The van der Waals surface area contributed by atoms with Crippen LogP contribution in [-0.4, -0.2) is 29.0 Å². The molecule has 0 saturated carbocycles. The van der Waals surface area contributed by atoms with Gasteiger partial charge >= 0.3 is 0 Å². The summed E-state index contributed by atoms with van der Waals surface area (Å²) in [6.07, 6.45) is 1.13. The van der Waals surface area contributed by atoms with E-state index in [-0.39, 0.29) is 15.4 Å². The Morgan fingerprint density at radius 2 is 1.48 bits per heavy atom. The van der Waals surface area contributed by atoms with Crippen LogP contribution in [0.1, 0.15) is 40.0 Å². The monoisotopic (exact) mass is 486 g/mol. The summed E-state index contributed by atoms with van der Waals surface area (Å²) in [4.78, 5) is 13.0. The maximum atomic E-state index is 13.0. The Bertz CT molecular complexity index is 1400. The first-order chi connectivity index (χ1) is 15.4. The molecular formula is C24H26N2O5S2. The van der Waals surface area contributed by atoms with E-state index in [1.54, 1.807) is 63.2 Å². The number of aryl methyl sites for hydroxylation is 2. The molecule has 0 heterocycles. The van der Waals surface area contributed by atoms with Gasteiger partial charge in [-0.05, 0) is 67.8 Å². The van der Waals surface area contributed by atoms with Gasteiger partial charge in [-0.2, -0.15) is 0 Å². The minimum atomic E-state index is -3.91. The van der Waals surface area contributed by atoms with Gasteiger partial charge in [0, 0.05) is 11.8 Å². The largest absolute Gasteiger partial charge is 0.346 e. The summed E-state index contributed by atoms with van der Waals surface area (Å²) in [7, 11) is -7.22. The van der Waals surface area contributed by atoms with E-state index in [1.165, 1.54) is 18.2 Å². The van der Waals surface area contributed by atoms with Crippen LogP contribution in [0.25, 0.3) is 0 Å². The normalized spacial score (nSPS) is 12.7.